The van der Waals surface area contributed by atoms with Gasteiger partial charge in [-0.15, -0.1) is 0 Å². The van der Waals surface area contributed by atoms with Crippen LogP contribution in [-0.4, -0.2) is 38.6 Å². The molecule has 0 aliphatic rings. The lowest BCUT2D eigenvalue weighted by atomic mass is 10.1. The van der Waals surface area contributed by atoms with Crippen molar-refractivity contribution >= 4 is 21.6 Å². The molecule has 2 aromatic carbocycles. The molecule has 1 amide bonds. The van der Waals surface area contributed by atoms with Crippen molar-refractivity contribution in [3.63, 3.8) is 0 Å². The molecule has 2 rings (SSSR count). The van der Waals surface area contributed by atoms with Gasteiger partial charge in [0.25, 0.3) is 0 Å². The van der Waals surface area contributed by atoms with Gasteiger partial charge in [0.1, 0.15) is 0 Å². The number of sulfonamides is 1. The van der Waals surface area contributed by atoms with Gasteiger partial charge in [-0.2, -0.15) is 0 Å². The Labute approximate surface area is 168 Å². The van der Waals surface area contributed by atoms with E-state index in [0.717, 1.165) is 31.5 Å². The zero-order valence-electron chi connectivity index (χ0n) is 16.7. The fourth-order valence-corrected chi connectivity index (χ4v) is 3.57. The predicted octanol–water partition coefficient (Wildman–Crippen LogP) is 2.76. The molecule has 0 spiro atoms. The highest BCUT2D eigenvalue weighted by molar-refractivity contribution is 7.92. The summed E-state index contributed by atoms with van der Waals surface area (Å²) in [4.78, 5) is 14.8. The maximum absolute atomic E-state index is 12.5. The van der Waals surface area contributed by atoms with Crippen LogP contribution in [0.15, 0.2) is 48.5 Å². The summed E-state index contributed by atoms with van der Waals surface area (Å²) in [6.45, 7) is 7.51. The average molecular weight is 404 g/mol. The van der Waals surface area contributed by atoms with Gasteiger partial charge in [0.2, 0.25) is 15.9 Å². The molecule has 2 N–H and O–H groups in total. The van der Waals surface area contributed by atoms with Crippen LogP contribution < -0.4 is 10.0 Å². The fourth-order valence-electron chi connectivity index (χ4n) is 2.98. The number of nitrogens with one attached hydrogen (secondary N) is 2. The first kappa shape index (κ1) is 21.9. The van der Waals surface area contributed by atoms with Gasteiger partial charge in [0.15, 0.2) is 0 Å². The summed E-state index contributed by atoms with van der Waals surface area (Å²) in [7, 11) is -3.40. The Kier molecular flexibility index (Phi) is 8.02. The smallest absolute Gasteiger partial charge is 0.229 e. The minimum Gasteiger partial charge on any atom is -0.352 e. The highest BCUT2D eigenvalue weighted by atomic mass is 32.2. The van der Waals surface area contributed by atoms with E-state index in [1.807, 2.05) is 18.2 Å². The molecule has 0 atom stereocenters. The van der Waals surface area contributed by atoms with Crippen molar-refractivity contribution in [1.82, 2.24) is 10.2 Å². The number of carbonyl (C=O) groups excluding carboxylic acids is 1. The number of amides is 1. The van der Waals surface area contributed by atoms with Crippen molar-refractivity contribution in [3.05, 3.63) is 65.2 Å². The highest BCUT2D eigenvalue weighted by Crippen LogP contribution is 2.17. The second-order valence-corrected chi connectivity index (χ2v) is 8.46. The van der Waals surface area contributed by atoms with Crippen molar-refractivity contribution in [2.24, 2.45) is 0 Å². The number of nitrogens with zero attached hydrogens (tertiary/aromatic N) is 1. The molecule has 0 heterocycles. The van der Waals surface area contributed by atoms with Crippen LogP contribution >= 0.6 is 0 Å². The van der Waals surface area contributed by atoms with Crippen molar-refractivity contribution in [1.29, 1.82) is 0 Å². The Hall–Kier alpha value is -2.38. The number of rotatable bonds is 10. The Balaban J connectivity index is 2.03. The standard InChI is InChI=1S/C21H29N3O3S/c1-4-24(5-2)16-19-12-7-6-11-18(19)15-22-21(25)14-17-10-8-9-13-20(17)23-28(3,26)27/h6-13,23H,4-5,14-16H2,1-3H3,(H,22,25). The predicted molar refractivity (Wildman–Crippen MR) is 114 cm³/mol. The number of carbonyl (C=O) groups is 1. The Morgan fingerprint density at radius 1 is 0.929 bits per heavy atom. The largest absolute Gasteiger partial charge is 0.352 e. The van der Waals surface area contributed by atoms with Crippen molar-refractivity contribution in [3.8, 4) is 0 Å². The van der Waals surface area contributed by atoms with Gasteiger partial charge in [0, 0.05) is 13.1 Å². The van der Waals surface area contributed by atoms with E-state index in [1.165, 1.54) is 5.56 Å². The molecule has 6 nitrogen and oxygen atoms in total. The summed E-state index contributed by atoms with van der Waals surface area (Å²) >= 11 is 0. The van der Waals surface area contributed by atoms with Crippen LogP contribution in [0.2, 0.25) is 0 Å². The third-order valence-corrected chi connectivity index (χ3v) is 5.14. The van der Waals surface area contributed by atoms with E-state index in [-0.39, 0.29) is 12.3 Å². The molecular weight excluding hydrogens is 374 g/mol. The van der Waals surface area contributed by atoms with Crippen LogP contribution in [0.4, 0.5) is 5.69 Å². The highest BCUT2D eigenvalue weighted by Gasteiger charge is 2.12. The van der Waals surface area contributed by atoms with E-state index < -0.39 is 10.0 Å². The summed E-state index contributed by atoms with van der Waals surface area (Å²) in [5.74, 6) is -0.152. The SMILES string of the molecule is CCN(CC)Cc1ccccc1CNC(=O)Cc1ccccc1NS(C)(=O)=O. The lowest BCUT2D eigenvalue weighted by Gasteiger charge is -2.20. The van der Waals surface area contributed by atoms with Crippen LogP contribution in [0, 0.1) is 0 Å². The molecule has 0 aliphatic carbocycles. The summed E-state index contributed by atoms with van der Waals surface area (Å²) in [6, 6.07) is 15.0. The molecule has 0 saturated heterocycles. The topological polar surface area (TPSA) is 78.5 Å². The van der Waals surface area contributed by atoms with E-state index in [0.29, 0.717) is 17.8 Å². The summed E-state index contributed by atoms with van der Waals surface area (Å²) in [5, 5.41) is 2.95. The summed E-state index contributed by atoms with van der Waals surface area (Å²) < 4.78 is 25.5. The number of para-hydroxylation sites is 1. The minimum atomic E-state index is -3.40. The van der Waals surface area contributed by atoms with Gasteiger partial charge in [-0.25, -0.2) is 8.42 Å². The third kappa shape index (κ3) is 6.98. The van der Waals surface area contributed by atoms with Crippen molar-refractivity contribution in [2.75, 3.05) is 24.1 Å². The minimum absolute atomic E-state index is 0.108. The molecule has 0 saturated carbocycles. The fraction of sp³-hybridized carbons (Fsp3) is 0.381. The number of anilines is 1. The number of hydrogen-bond donors (Lipinski definition) is 2. The lowest BCUT2D eigenvalue weighted by molar-refractivity contribution is -0.120. The lowest BCUT2D eigenvalue weighted by Crippen LogP contribution is -2.27. The molecule has 28 heavy (non-hydrogen) atoms. The summed E-state index contributed by atoms with van der Waals surface area (Å²) in [5.41, 5.74) is 3.36. The third-order valence-electron chi connectivity index (χ3n) is 4.55. The first-order valence-electron chi connectivity index (χ1n) is 9.44. The second-order valence-electron chi connectivity index (χ2n) is 6.71. The van der Waals surface area contributed by atoms with E-state index in [2.05, 4.69) is 34.9 Å². The number of hydrogen-bond acceptors (Lipinski definition) is 4. The second kappa shape index (κ2) is 10.2. The Morgan fingerprint density at radius 3 is 2.11 bits per heavy atom. The summed E-state index contributed by atoms with van der Waals surface area (Å²) in [6.07, 6.45) is 1.20. The maximum atomic E-state index is 12.5. The van der Waals surface area contributed by atoms with Crippen molar-refractivity contribution < 1.29 is 13.2 Å². The van der Waals surface area contributed by atoms with Gasteiger partial charge in [-0.3, -0.25) is 14.4 Å². The van der Waals surface area contributed by atoms with Crippen LogP contribution in [0.1, 0.15) is 30.5 Å². The van der Waals surface area contributed by atoms with E-state index in [1.54, 1.807) is 24.3 Å². The van der Waals surface area contributed by atoms with Crippen molar-refractivity contribution in [2.45, 2.75) is 33.4 Å². The molecule has 0 bridgehead atoms. The van der Waals surface area contributed by atoms with Crippen LogP contribution in [0.3, 0.4) is 0 Å². The van der Waals surface area contributed by atoms with Crippen LogP contribution in [0.25, 0.3) is 0 Å². The Morgan fingerprint density at radius 2 is 1.50 bits per heavy atom. The average Bonchev–Trinajstić information content (AvgIpc) is 2.65. The molecule has 7 heteroatoms. The van der Waals surface area contributed by atoms with Gasteiger partial charge >= 0.3 is 0 Å². The van der Waals surface area contributed by atoms with E-state index >= 15 is 0 Å². The zero-order chi connectivity index (χ0) is 20.6. The van der Waals surface area contributed by atoms with Crippen LogP contribution in [-0.2, 0) is 34.3 Å². The molecule has 0 radical (unpaired) electrons. The first-order valence-corrected chi connectivity index (χ1v) is 11.3. The molecule has 152 valence electrons. The normalized spacial score (nSPS) is 11.4. The monoisotopic (exact) mass is 403 g/mol. The Bertz CT molecular complexity index is 893. The quantitative estimate of drug-likeness (QED) is 0.639. The molecule has 0 aromatic heterocycles. The molecule has 0 fully saturated rings. The van der Waals surface area contributed by atoms with Gasteiger partial charge < -0.3 is 5.32 Å². The number of benzene rings is 2. The van der Waals surface area contributed by atoms with E-state index in [9.17, 15) is 13.2 Å². The maximum Gasteiger partial charge on any atom is 0.229 e. The van der Waals surface area contributed by atoms with Gasteiger partial charge in [-0.05, 0) is 35.8 Å². The molecule has 0 unspecified atom stereocenters. The zero-order valence-corrected chi connectivity index (χ0v) is 17.6. The van der Waals surface area contributed by atoms with Crippen LogP contribution in [0.5, 0.6) is 0 Å². The van der Waals surface area contributed by atoms with Gasteiger partial charge in [-0.1, -0.05) is 56.3 Å². The van der Waals surface area contributed by atoms with E-state index in [4.69, 9.17) is 0 Å². The van der Waals surface area contributed by atoms with Gasteiger partial charge in [0.05, 0.1) is 18.4 Å². The molecule has 0 aliphatic heterocycles. The molecular formula is C21H29N3O3S. The molecule has 2 aromatic rings. The first-order chi connectivity index (χ1) is 13.3.